The second kappa shape index (κ2) is 7.14. The van der Waals surface area contributed by atoms with Crippen molar-refractivity contribution < 1.29 is 9.18 Å². The molecule has 2 aromatic carbocycles. The highest BCUT2D eigenvalue weighted by atomic mass is 79.9. The number of thioether (sulfide) groups is 1. The van der Waals surface area contributed by atoms with Crippen LogP contribution in [0.4, 0.5) is 10.1 Å². The quantitative estimate of drug-likeness (QED) is 0.623. The lowest BCUT2D eigenvalue weighted by Gasteiger charge is -2.06. The monoisotopic (exact) mass is 393 g/mol. The SMILES string of the molecule is O=C(CCSc1nc2ccccc2[nH]1)Nc1ccc(Br)cc1F. The van der Waals surface area contributed by atoms with E-state index >= 15 is 0 Å². The van der Waals surface area contributed by atoms with Gasteiger partial charge in [-0.2, -0.15) is 0 Å². The van der Waals surface area contributed by atoms with Crippen LogP contribution in [0.25, 0.3) is 11.0 Å². The molecular formula is C16H13BrFN3OS. The largest absolute Gasteiger partial charge is 0.333 e. The number of H-pyrrole nitrogens is 1. The van der Waals surface area contributed by atoms with Crippen LogP contribution >= 0.6 is 27.7 Å². The molecule has 1 heterocycles. The number of amides is 1. The molecule has 0 saturated heterocycles. The first-order valence-corrected chi connectivity index (χ1v) is 8.72. The van der Waals surface area contributed by atoms with Crippen LogP contribution in [0.5, 0.6) is 0 Å². The van der Waals surface area contributed by atoms with Gasteiger partial charge in [-0.3, -0.25) is 4.79 Å². The fraction of sp³-hybridized carbons (Fsp3) is 0.125. The van der Waals surface area contributed by atoms with Gasteiger partial charge in [0.05, 0.1) is 16.7 Å². The van der Waals surface area contributed by atoms with Gasteiger partial charge in [0, 0.05) is 16.6 Å². The third-order valence-corrected chi connectivity index (χ3v) is 4.51. The molecule has 3 rings (SSSR count). The predicted octanol–water partition coefficient (Wildman–Crippen LogP) is 4.59. The van der Waals surface area contributed by atoms with Gasteiger partial charge in [0.15, 0.2) is 5.16 Å². The van der Waals surface area contributed by atoms with Crippen molar-refractivity contribution in [2.75, 3.05) is 11.1 Å². The highest BCUT2D eigenvalue weighted by molar-refractivity contribution is 9.10. The van der Waals surface area contributed by atoms with E-state index in [2.05, 4.69) is 31.2 Å². The van der Waals surface area contributed by atoms with Gasteiger partial charge in [0.1, 0.15) is 5.82 Å². The van der Waals surface area contributed by atoms with Gasteiger partial charge in [-0.15, -0.1) is 0 Å². The summed E-state index contributed by atoms with van der Waals surface area (Å²) in [6.45, 7) is 0. The van der Waals surface area contributed by atoms with Crippen molar-refractivity contribution in [2.24, 2.45) is 0 Å². The highest BCUT2D eigenvalue weighted by Gasteiger charge is 2.09. The van der Waals surface area contributed by atoms with E-state index in [1.165, 1.54) is 23.9 Å². The molecule has 7 heteroatoms. The highest BCUT2D eigenvalue weighted by Crippen LogP contribution is 2.21. The Morgan fingerprint density at radius 3 is 2.91 bits per heavy atom. The number of para-hydroxylation sites is 2. The van der Waals surface area contributed by atoms with Crippen molar-refractivity contribution in [2.45, 2.75) is 11.6 Å². The average Bonchev–Trinajstić information content (AvgIpc) is 2.93. The van der Waals surface area contributed by atoms with Crippen LogP contribution in [0.3, 0.4) is 0 Å². The summed E-state index contributed by atoms with van der Waals surface area (Å²) in [4.78, 5) is 19.5. The van der Waals surface area contributed by atoms with Gasteiger partial charge < -0.3 is 10.3 Å². The molecule has 3 aromatic rings. The van der Waals surface area contributed by atoms with Crippen molar-refractivity contribution in [1.82, 2.24) is 9.97 Å². The predicted molar refractivity (Wildman–Crippen MR) is 94.2 cm³/mol. The van der Waals surface area contributed by atoms with Crippen molar-refractivity contribution in [3.8, 4) is 0 Å². The van der Waals surface area contributed by atoms with E-state index in [0.717, 1.165) is 16.2 Å². The van der Waals surface area contributed by atoms with Crippen LogP contribution in [-0.2, 0) is 4.79 Å². The topological polar surface area (TPSA) is 57.8 Å². The Balaban J connectivity index is 1.52. The summed E-state index contributed by atoms with van der Waals surface area (Å²) in [6.07, 6.45) is 0.275. The Morgan fingerprint density at radius 2 is 2.13 bits per heavy atom. The standard InChI is InChI=1S/C16H13BrFN3OS/c17-10-5-6-12(11(18)9-10)19-15(22)7-8-23-16-20-13-3-1-2-4-14(13)21-16/h1-6,9H,7-8H2,(H,19,22)(H,20,21). The number of carbonyl (C=O) groups is 1. The zero-order valence-corrected chi connectivity index (χ0v) is 14.4. The Bertz CT molecular complexity index is 819. The van der Waals surface area contributed by atoms with Crippen molar-refractivity contribution in [1.29, 1.82) is 0 Å². The maximum Gasteiger partial charge on any atom is 0.225 e. The molecule has 2 N–H and O–H groups in total. The van der Waals surface area contributed by atoms with Crippen LogP contribution in [0.1, 0.15) is 6.42 Å². The van der Waals surface area contributed by atoms with Crippen molar-refractivity contribution in [3.63, 3.8) is 0 Å². The molecule has 0 aliphatic rings. The summed E-state index contributed by atoms with van der Waals surface area (Å²) in [7, 11) is 0. The normalized spacial score (nSPS) is 10.9. The summed E-state index contributed by atoms with van der Waals surface area (Å²) < 4.78 is 14.3. The third-order valence-electron chi connectivity index (χ3n) is 3.14. The number of hydrogen-bond donors (Lipinski definition) is 2. The zero-order valence-electron chi connectivity index (χ0n) is 12.0. The lowest BCUT2D eigenvalue weighted by atomic mass is 10.3. The molecular weight excluding hydrogens is 381 g/mol. The van der Waals surface area contributed by atoms with Gasteiger partial charge in [-0.1, -0.05) is 39.8 Å². The number of fused-ring (bicyclic) bond motifs is 1. The lowest BCUT2D eigenvalue weighted by molar-refractivity contribution is -0.115. The molecule has 0 spiro atoms. The first-order valence-electron chi connectivity index (χ1n) is 6.94. The third kappa shape index (κ3) is 4.11. The first kappa shape index (κ1) is 16.0. The van der Waals surface area contributed by atoms with Crippen LogP contribution in [-0.4, -0.2) is 21.6 Å². The van der Waals surface area contributed by atoms with Crippen LogP contribution in [0, 0.1) is 5.82 Å². The number of aromatic amines is 1. The minimum atomic E-state index is -0.460. The number of halogens is 2. The maximum absolute atomic E-state index is 13.7. The minimum absolute atomic E-state index is 0.187. The molecule has 23 heavy (non-hydrogen) atoms. The van der Waals surface area contributed by atoms with Crippen molar-refractivity contribution >= 4 is 50.3 Å². The first-order chi connectivity index (χ1) is 11.1. The molecule has 1 aromatic heterocycles. The van der Waals surface area contributed by atoms with E-state index in [0.29, 0.717) is 10.2 Å². The van der Waals surface area contributed by atoms with E-state index in [1.54, 1.807) is 6.07 Å². The number of hydrogen-bond acceptors (Lipinski definition) is 3. The minimum Gasteiger partial charge on any atom is -0.333 e. The van der Waals surface area contributed by atoms with Crippen LogP contribution in [0.2, 0.25) is 0 Å². The number of anilines is 1. The number of benzene rings is 2. The molecule has 0 bridgehead atoms. The number of rotatable bonds is 5. The second-order valence-corrected chi connectivity index (χ2v) is 6.83. The van der Waals surface area contributed by atoms with E-state index in [4.69, 9.17) is 0 Å². The molecule has 0 aliphatic carbocycles. The summed E-state index contributed by atoms with van der Waals surface area (Å²) in [5.74, 6) is -0.128. The summed E-state index contributed by atoms with van der Waals surface area (Å²) in [6, 6.07) is 12.3. The second-order valence-electron chi connectivity index (χ2n) is 4.83. The van der Waals surface area contributed by atoms with Gasteiger partial charge in [-0.05, 0) is 30.3 Å². The number of carbonyl (C=O) groups excluding carboxylic acids is 1. The van der Waals surface area contributed by atoms with E-state index in [9.17, 15) is 9.18 Å². The summed E-state index contributed by atoms with van der Waals surface area (Å²) in [5.41, 5.74) is 2.06. The summed E-state index contributed by atoms with van der Waals surface area (Å²) >= 11 is 4.64. The number of imidazole rings is 1. The van der Waals surface area contributed by atoms with Gasteiger partial charge in [0.2, 0.25) is 5.91 Å². The molecule has 4 nitrogen and oxygen atoms in total. The number of nitrogens with zero attached hydrogens (tertiary/aromatic N) is 1. The van der Waals surface area contributed by atoms with E-state index in [-0.39, 0.29) is 18.0 Å². The van der Waals surface area contributed by atoms with Crippen LogP contribution in [0.15, 0.2) is 52.1 Å². The maximum atomic E-state index is 13.7. The van der Waals surface area contributed by atoms with E-state index in [1.807, 2.05) is 24.3 Å². The van der Waals surface area contributed by atoms with Crippen molar-refractivity contribution in [3.05, 3.63) is 52.8 Å². The molecule has 118 valence electrons. The Hall–Kier alpha value is -1.86. The van der Waals surface area contributed by atoms with Crippen LogP contribution < -0.4 is 5.32 Å². The van der Waals surface area contributed by atoms with Gasteiger partial charge >= 0.3 is 0 Å². The van der Waals surface area contributed by atoms with Gasteiger partial charge in [0.25, 0.3) is 0 Å². The van der Waals surface area contributed by atoms with E-state index < -0.39 is 5.82 Å². The lowest BCUT2D eigenvalue weighted by Crippen LogP contribution is -2.13. The fourth-order valence-corrected chi connectivity index (χ4v) is 3.20. The molecule has 0 saturated carbocycles. The number of nitrogens with one attached hydrogen (secondary N) is 2. The Morgan fingerprint density at radius 1 is 1.30 bits per heavy atom. The molecule has 0 radical (unpaired) electrons. The fourth-order valence-electron chi connectivity index (χ4n) is 2.04. The molecule has 1 amide bonds. The number of aromatic nitrogens is 2. The Labute approximate surface area is 145 Å². The summed E-state index contributed by atoms with van der Waals surface area (Å²) in [5, 5.41) is 3.34. The van der Waals surface area contributed by atoms with Gasteiger partial charge in [-0.25, -0.2) is 9.37 Å². The molecule has 0 unspecified atom stereocenters. The average molecular weight is 394 g/mol. The molecule has 0 atom stereocenters. The Kier molecular flexibility index (Phi) is 4.97. The molecule has 0 aliphatic heterocycles. The molecule has 0 fully saturated rings. The zero-order chi connectivity index (χ0) is 16.2. The smallest absolute Gasteiger partial charge is 0.225 e.